The molecule has 2 amide bonds. The molecule has 1 aliphatic carbocycles. The predicted octanol–water partition coefficient (Wildman–Crippen LogP) is 4.09. The number of fused-ring (bicyclic) bond motifs is 1. The first kappa shape index (κ1) is 20.3. The Morgan fingerprint density at radius 1 is 1.10 bits per heavy atom. The zero-order valence-corrected chi connectivity index (χ0v) is 17.5. The number of ether oxygens (including phenoxy) is 2. The van der Waals surface area contributed by atoms with Crippen LogP contribution in [0.15, 0.2) is 42.5 Å². The van der Waals surface area contributed by atoms with Crippen LogP contribution < -0.4 is 20.1 Å². The molecule has 0 bridgehead atoms. The molecule has 158 valence electrons. The topological polar surface area (TPSA) is 76.7 Å². The van der Waals surface area contributed by atoms with Gasteiger partial charge in [0.1, 0.15) is 5.60 Å². The molecule has 2 aromatic carbocycles. The second-order valence-corrected chi connectivity index (χ2v) is 8.62. The Morgan fingerprint density at radius 3 is 2.67 bits per heavy atom. The Kier molecular flexibility index (Phi) is 5.66. The van der Waals surface area contributed by atoms with Crippen molar-refractivity contribution in [3.05, 3.63) is 53.6 Å². The molecule has 2 aromatic rings. The monoisotopic (exact) mass is 408 g/mol. The number of benzene rings is 2. The Hall–Kier alpha value is -3.02. The summed E-state index contributed by atoms with van der Waals surface area (Å²) in [4.78, 5) is 25.2. The van der Waals surface area contributed by atoms with E-state index in [1.54, 1.807) is 30.3 Å². The van der Waals surface area contributed by atoms with Crippen molar-refractivity contribution in [3.63, 3.8) is 0 Å². The zero-order valence-electron chi connectivity index (χ0n) is 17.5. The van der Waals surface area contributed by atoms with Gasteiger partial charge in [0.2, 0.25) is 0 Å². The molecule has 1 saturated carbocycles. The number of nitrogens with one attached hydrogen (secondary N) is 2. The summed E-state index contributed by atoms with van der Waals surface area (Å²) in [6.45, 7) is 3.88. The van der Waals surface area contributed by atoms with Gasteiger partial charge in [-0.2, -0.15) is 0 Å². The summed E-state index contributed by atoms with van der Waals surface area (Å²) in [6.07, 6.45) is 5.10. The van der Waals surface area contributed by atoms with Crippen LogP contribution in [0.3, 0.4) is 0 Å². The lowest BCUT2D eigenvalue weighted by Crippen LogP contribution is -2.33. The first-order valence-electron chi connectivity index (χ1n) is 10.5. The molecule has 1 fully saturated rings. The summed E-state index contributed by atoms with van der Waals surface area (Å²) in [6, 6.07) is 13.0. The summed E-state index contributed by atoms with van der Waals surface area (Å²) < 4.78 is 11.7. The maximum atomic E-state index is 12.7. The van der Waals surface area contributed by atoms with Gasteiger partial charge in [-0.3, -0.25) is 9.59 Å². The largest absolute Gasteiger partial charge is 0.483 e. The van der Waals surface area contributed by atoms with Crippen molar-refractivity contribution in [2.75, 3.05) is 11.9 Å². The second-order valence-electron chi connectivity index (χ2n) is 8.62. The van der Waals surface area contributed by atoms with Crippen molar-refractivity contribution in [1.29, 1.82) is 0 Å². The summed E-state index contributed by atoms with van der Waals surface area (Å²) in [5.74, 6) is 0.772. The summed E-state index contributed by atoms with van der Waals surface area (Å²) >= 11 is 0. The average Bonchev–Trinajstić information content (AvgIpc) is 3.32. The third-order valence-corrected chi connectivity index (χ3v) is 5.55. The smallest absolute Gasteiger partial charge is 0.262 e. The van der Waals surface area contributed by atoms with Gasteiger partial charge in [0, 0.05) is 18.0 Å². The quantitative estimate of drug-likeness (QED) is 0.755. The van der Waals surface area contributed by atoms with Gasteiger partial charge in [0.25, 0.3) is 11.8 Å². The minimum atomic E-state index is -0.328. The van der Waals surface area contributed by atoms with Crippen LogP contribution in [0.25, 0.3) is 0 Å². The molecule has 2 aliphatic rings. The number of carbonyl (C=O) groups is 2. The molecule has 0 radical (unpaired) electrons. The Balaban J connectivity index is 1.39. The zero-order chi connectivity index (χ0) is 21.1. The molecule has 6 nitrogen and oxygen atoms in total. The number of rotatable bonds is 6. The number of anilines is 1. The fraction of sp³-hybridized carbons (Fsp3) is 0.417. The maximum Gasteiger partial charge on any atom is 0.262 e. The Bertz CT molecular complexity index is 948. The van der Waals surface area contributed by atoms with E-state index in [2.05, 4.69) is 10.6 Å². The molecular weight excluding hydrogens is 380 g/mol. The van der Waals surface area contributed by atoms with Crippen LogP contribution in [0.5, 0.6) is 11.5 Å². The molecule has 1 heterocycles. The van der Waals surface area contributed by atoms with Crippen LogP contribution >= 0.6 is 0 Å². The molecule has 1 aliphatic heterocycles. The van der Waals surface area contributed by atoms with Crippen LogP contribution in [-0.4, -0.2) is 30.1 Å². The van der Waals surface area contributed by atoms with Crippen LogP contribution in [-0.2, 0) is 11.2 Å². The average molecular weight is 408 g/mol. The van der Waals surface area contributed by atoms with Gasteiger partial charge in [-0.1, -0.05) is 37.1 Å². The van der Waals surface area contributed by atoms with E-state index in [1.807, 2.05) is 26.0 Å². The van der Waals surface area contributed by atoms with Crippen molar-refractivity contribution in [2.45, 2.75) is 57.6 Å². The predicted molar refractivity (Wildman–Crippen MR) is 115 cm³/mol. The lowest BCUT2D eigenvalue weighted by molar-refractivity contribution is -0.118. The highest BCUT2D eigenvalue weighted by Gasteiger charge is 2.32. The van der Waals surface area contributed by atoms with E-state index in [0.29, 0.717) is 22.7 Å². The standard InChI is InChI=1S/C24H28N2O4/c1-24(2)14-16-8-7-13-20(22(16)30-24)29-15-21(27)26-19-12-6-5-11-18(19)23(28)25-17-9-3-4-10-17/h5-8,11-13,17H,3-4,9-10,14-15H2,1-2H3,(H,25,28)(H,26,27). The van der Waals surface area contributed by atoms with Gasteiger partial charge < -0.3 is 20.1 Å². The van der Waals surface area contributed by atoms with E-state index in [-0.39, 0.29) is 30.1 Å². The van der Waals surface area contributed by atoms with Crippen molar-refractivity contribution in [2.24, 2.45) is 0 Å². The third-order valence-electron chi connectivity index (χ3n) is 5.55. The van der Waals surface area contributed by atoms with Crippen LogP contribution in [0.4, 0.5) is 5.69 Å². The van der Waals surface area contributed by atoms with Gasteiger partial charge in [0.05, 0.1) is 11.3 Å². The molecule has 0 spiro atoms. The number of carbonyl (C=O) groups excluding carboxylic acids is 2. The van der Waals surface area contributed by atoms with Crippen molar-refractivity contribution in [3.8, 4) is 11.5 Å². The molecule has 2 N–H and O–H groups in total. The number of para-hydroxylation sites is 2. The Morgan fingerprint density at radius 2 is 1.87 bits per heavy atom. The molecule has 30 heavy (non-hydrogen) atoms. The lowest BCUT2D eigenvalue weighted by Gasteiger charge is -2.18. The van der Waals surface area contributed by atoms with Crippen molar-refractivity contribution >= 4 is 17.5 Å². The van der Waals surface area contributed by atoms with E-state index in [1.165, 1.54) is 0 Å². The van der Waals surface area contributed by atoms with E-state index in [4.69, 9.17) is 9.47 Å². The number of hydrogen-bond donors (Lipinski definition) is 2. The summed E-state index contributed by atoms with van der Waals surface area (Å²) in [7, 11) is 0. The number of amides is 2. The van der Waals surface area contributed by atoms with Gasteiger partial charge in [-0.05, 0) is 44.9 Å². The maximum absolute atomic E-state index is 12.7. The van der Waals surface area contributed by atoms with Crippen LogP contribution in [0.2, 0.25) is 0 Å². The minimum absolute atomic E-state index is 0.157. The lowest BCUT2D eigenvalue weighted by atomic mass is 10.0. The molecule has 6 heteroatoms. The molecule has 0 atom stereocenters. The van der Waals surface area contributed by atoms with Gasteiger partial charge in [-0.25, -0.2) is 0 Å². The minimum Gasteiger partial charge on any atom is -0.483 e. The molecule has 0 unspecified atom stereocenters. The fourth-order valence-corrected chi connectivity index (χ4v) is 4.15. The normalized spacial score (nSPS) is 17.1. The van der Waals surface area contributed by atoms with Crippen LogP contribution in [0, 0.1) is 0 Å². The first-order valence-corrected chi connectivity index (χ1v) is 10.5. The van der Waals surface area contributed by atoms with Gasteiger partial charge >= 0.3 is 0 Å². The third kappa shape index (κ3) is 4.58. The SMILES string of the molecule is CC1(C)Cc2cccc(OCC(=O)Nc3ccccc3C(=O)NC3CCCC3)c2O1. The highest BCUT2D eigenvalue weighted by molar-refractivity contribution is 6.04. The first-order chi connectivity index (χ1) is 14.4. The van der Waals surface area contributed by atoms with Gasteiger partial charge in [-0.15, -0.1) is 0 Å². The van der Waals surface area contributed by atoms with Crippen molar-refractivity contribution in [1.82, 2.24) is 5.32 Å². The summed E-state index contributed by atoms with van der Waals surface area (Å²) in [5, 5.41) is 5.87. The molecule has 4 rings (SSSR count). The van der Waals surface area contributed by atoms with Gasteiger partial charge in [0.15, 0.2) is 18.1 Å². The van der Waals surface area contributed by atoms with Crippen LogP contribution in [0.1, 0.15) is 55.5 Å². The van der Waals surface area contributed by atoms with Crippen molar-refractivity contribution < 1.29 is 19.1 Å². The molecule has 0 saturated heterocycles. The Labute approximate surface area is 177 Å². The highest BCUT2D eigenvalue weighted by Crippen LogP contribution is 2.41. The number of hydrogen-bond acceptors (Lipinski definition) is 4. The van der Waals surface area contributed by atoms with E-state index in [9.17, 15) is 9.59 Å². The molecular formula is C24H28N2O4. The van der Waals surface area contributed by atoms with E-state index in [0.717, 1.165) is 37.7 Å². The summed E-state index contributed by atoms with van der Waals surface area (Å²) in [5.41, 5.74) is 1.74. The fourth-order valence-electron chi connectivity index (χ4n) is 4.15. The van der Waals surface area contributed by atoms with E-state index < -0.39 is 0 Å². The second kappa shape index (κ2) is 8.38. The molecule has 0 aromatic heterocycles. The highest BCUT2D eigenvalue weighted by atomic mass is 16.5. The van der Waals surface area contributed by atoms with E-state index >= 15 is 0 Å².